The molecule has 2 aliphatic rings. The molecular formula is C14H17N5O. The van der Waals surface area contributed by atoms with Crippen LogP contribution >= 0.6 is 0 Å². The Balaban J connectivity index is 1.60. The number of aromatic nitrogens is 4. The number of morpholine rings is 1. The molecule has 2 aromatic heterocycles. The highest BCUT2D eigenvalue weighted by atomic mass is 16.5. The van der Waals surface area contributed by atoms with Gasteiger partial charge in [-0.1, -0.05) is 0 Å². The van der Waals surface area contributed by atoms with E-state index in [1.807, 2.05) is 12.3 Å². The van der Waals surface area contributed by atoms with E-state index in [0.29, 0.717) is 11.9 Å². The van der Waals surface area contributed by atoms with Crippen LogP contribution in [0.5, 0.6) is 0 Å². The van der Waals surface area contributed by atoms with Gasteiger partial charge in [-0.3, -0.25) is 0 Å². The fourth-order valence-electron chi connectivity index (χ4n) is 2.46. The van der Waals surface area contributed by atoms with E-state index >= 15 is 0 Å². The molecule has 2 fully saturated rings. The molecule has 6 heteroatoms. The van der Waals surface area contributed by atoms with Crippen LogP contribution in [-0.4, -0.2) is 46.1 Å². The average Bonchev–Trinajstić information content (AvgIpc) is 3.26. The fraction of sp³-hybridized carbons (Fsp3) is 0.500. The Kier molecular flexibility index (Phi) is 2.88. The molecule has 20 heavy (non-hydrogen) atoms. The van der Waals surface area contributed by atoms with Crippen LogP contribution in [0, 0.1) is 0 Å². The highest BCUT2D eigenvalue weighted by Gasteiger charge is 2.26. The van der Waals surface area contributed by atoms with Gasteiger partial charge in [0.05, 0.1) is 18.9 Å². The van der Waals surface area contributed by atoms with E-state index in [4.69, 9.17) is 4.74 Å². The Bertz CT molecular complexity index is 601. The predicted molar refractivity (Wildman–Crippen MR) is 74.2 cm³/mol. The number of hydrogen-bond acceptors (Lipinski definition) is 5. The summed E-state index contributed by atoms with van der Waals surface area (Å²) in [6.07, 6.45) is 6.26. The van der Waals surface area contributed by atoms with Gasteiger partial charge in [0.2, 0.25) is 0 Å². The van der Waals surface area contributed by atoms with Crippen molar-refractivity contribution in [3.63, 3.8) is 0 Å². The molecule has 0 atom stereocenters. The Hall–Kier alpha value is -1.95. The first-order chi connectivity index (χ1) is 9.90. The van der Waals surface area contributed by atoms with Crippen LogP contribution in [0.4, 0.5) is 5.82 Å². The first kappa shape index (κ1) is 11.8. The molecule has 3 heterocycles. The van der Waals surface area contributed by atoms with Gasteiger partial charge in [0.25, 0.3) is 5.95 Å². The number of ether oxygens (including phenoxy) is 1. The standard InChI is InChI=1S/C14H17N5O/c1-2-11(1)12-4-6-19(17-12)14-15-5-3-13(16-14)18-7-9-20-10-8-18/h3-6,11H,1-2,7-10H2. The molecule has 0 spiro atoms. The minimum atomic E-state index is 0.640. The minimum Gasteiger partial charge on any atom is -0.378 e. The summed E-state index contributed by atoms with van der Waals surface area (Å²) in [6.45, 7) is 3.27. The molecule has 0 unspecified atom stereocenters. The van der Waals surface area contributed by atoms with Crippen molar-refractivity contribution in [1.29, 1.82) is 0 Å². The zero-order chi connectivity index (χ0) is 13.4. The highest BCUT2D eigenvalue weighted by Crippen LogP contribution is 2.38. The lowest BCUT2D eigenvalue weighted by Gasteiger charge is -2.27. The summed E-state index contributed by atoms with van der Waals surface area (Å²) in [5, 5.41) is 4.58. The summed E-state index contributed by atoms with van der Waals surface area (Å²) in [6, 6.07) is 4.02. The summed E-state index contributed by atoms with van der Waals surface area (Å²) < 4.78 is 7.15. The monoisotopic (exact) mass is 271 g/mol. The molecule has 6 nitrogen and oxygen atoms in total. The Morgan fingerprint density at radius 1 is 1.15 bits per heavy atom. The van der Waals surface area contributed by atoms with Gasteiger partial charge in [0.1, 0.15) is 5.82 Å². The quantitative estimate of drug-likeness (QED) is 0.844. The van der Waals surface area contributed by atoms with E-state index in [-0.39, 0.29) is 0 Å². The fourth-order valence-corrected chi connectivity index (χ4v) is 2.46. The Labute approximate surface area is 117 Å². The zero-order valence-corrected chi connectivity index (χ0v) is 11.3. The van der Waals surface area contributed by atoms with E-state index in [9.17, 15) is 0 Å². The normalized spacial score (nSPS) is 19.3. The summed E-state index contributed by atoms with van der Waals surface area (Å²) in [7, 11) is 0. The lowest BCUT2D eigenvalue weighted by Crippen LogP contribution is -2.36. The van der Waals surface area contributed by atoms with Crippen molar-refractivity contribution >= 4 is 5.82 Å². The molecule has 1 aliphatic heterocycles. The SMILES string of the molecule is c1cc(N2CCOCC2)nc(-n2ccc(C3CC3)n2)n1. The van der Waals surface area contributed by atoms with Gasteiger partial charge in [-0.2, -0.15) is 10.1 Å². The Morgan fingerprint density at radius 3 is 2.80 bits per heavy atom. The third-order valence-corrected chi connectivity index (χ3v) is 3.77. The van der Waals surface area contributed by atoms with Crippen LogP contribution in [0.15, 0.2) is 24.5 Å². The van der Waals surface area contributed by atoms with E-state index in [1.165, 1.54) is 12.8 Å². The zero-order valence-electron chi connectivity index (χ0n) is 11.3. The predicted octanol–water partition coefficient (Wildman–Crippen LogP) is 1.38. The topological polar surface area (TPSA) is 56.1 Å². The number of nitrogens with zero attached hydrogens (tertiary/aromatic N) is 5. The van der Waals surface area contributed by atoms with Gasteiger partial charge in [-0.15, -0.1) is 0 Å². The summed E-state index contributed by atoms with van der Waals surface area (Å²) in [5.74, 6) is 2.24. The lowest BCUT2D eigenvalue weighted by molar-refractivity contribution is 0.122. The van der Waals surface area contributed by atoms with Gasteiger partial charge in [-0.05, 0) is 25.0 Å². The second-order valence-corrected chi connectivity index (χ2v) is 5.27. The second kappa shape index (κ2) is 4.86. The van der Waals surface area contributed by atoms with Crippen LogP contribution in [0.1, 0.15) is 24.5 Å². The lowest BCUT2D eigenvalue weighted by atomic mass is 10.3. The van der Waals surface area contributed by atoms with Crippen molar-refractivity contribution in [2.45, 2.75) is 18.8 Å². The summed E-state index contributed by atoms with van der Waals surface area (Å²) >= 11 is 0. The molecule has 1 saturated heterocycles. The van der Waals surface area contributed by atoms with Gasteiger partial charge in [0, 0.05) is 31.4 Å². The van der Waals surface area contributed by atoms with E-state index in [1.54, 1.807) is 10.9 Å². The van der Waals surface area contributed by atoms with Crippen LogP contribution in [0.2, 0.25) is 0 Å². The molecule has 0 radical (unpaired) electrons. The number of anilines is 1. The second-order valence-electron chi connectivity index (χ2n) is 5.27. The maximum absolute atomic E-state index is 5.37. The van der Waals surface area contributed by atoms with Crippen LogP contribution in [0.25, 0.3) is 5.95 Å². The average molecular weight is 271 g/mol. The third-order valence-electron chi connectivity index (χ3n) is 3.77. The van der Waals surface area contributed by atoms with Crippen molar-refractivity contribution < 1.29 is 4.74 Å². The smallest absolute Gasteiger partial charge is 0.252 e. The van der Waals surface area contributed by atoms with Gasteiger partial charge in [0.15, 0.2) is 0 Å². The largest absolute Gasteiger partial charge is 0.378 e. The number of hydrogen-bond donors (Lipinski definition) is 0. The van der Waals surface area contributed by atoms with E-state index < -0.39 is 0 Å². The van der Waals surface area contributed by atoms with Crippen molar-refractivity contribution in [2.75, 3.05) is 31.2 Å². The third kappa shape index (κ3) is 2.27. The molecular weight excluding hydrogens is 254 g/mol. The molecule has 0 amide bonds. The van der Waals surface area contributed by atoms with Crippen molar-refractivity contribution in [2.24, 2.45) is 0 Å². The molecule has 104 valence electrons. The minimum absolute atomic E-state index is 0.640. The van der Waals surface area contributed by atoms with Crippen LogP contribution < -0.4 is 4.90 Å². The maximum atomic E-state index is 5.37. The number of rotatable bonds is 3. The molecule has 1 aliphatic carbocycles. The van der Waals surface area contributed by atoms with Crippen molar-refractivity contribution in [1.82, 2.24) is 19.7 Å². The van der Waals surface area contributed by atoms with Crippen molar-refractivity contribution in [3.05, 3.63) is 30.2 Å². The Morgan fingerprint density at radius 2 is 2.00 bits per heavy atom. The highest BCUT2D eigenvalue weighted by molar-refractivity contribution is 5.39. The first-order valence-electron chi connectivity index (χ1n) is 7.12. The molecule has 4 rings (SSSR count). The van der Waals surface area contributed by atoms with Gasteiger partial charge in [-0.25, -0.2) is 9.67 Å². The van der Waals surface area contributed by atoms with E-state index in [2.05, 4.69) is 26.0 Å². The van der Waals surface area contributed by atoms with Crippen LogP contribution in [0.3, 0.4) is 0 Å². The molecule has 1 saturated carbocycles. The first-order valence-corrected chi connectivity index (χ1v) is 7.12. The molecule has 2 aromatic rings. The van der Waals surface area contributed by atoms with Crippen molar-refractivity contribution in [3.8, 4) is 5.95 Å². The van der Waals surface area contributed by atoms with Crippen LogP contribution in [-0.2, 0) is 4.74 Å². The molecule has 0 N–H and O–H groups in total. The van der Waals surface area contributed by atoms with Gasteiger partial charge < -0.3 is 9.64 Å². The maximum Gasteiger partial charge on any atom is 0.252 e. The van der Waals surface area contributed by atoms with E-state index in [0.717, 1.165) is 37.8 Å². The summed E-state index contributed by atoms with van der Waals surface area (Å²) in [4.78, 5) is 11.2. The summed E-state index contributed by atoms with van der Waals surface area (Å²) in [5.41, 5.74) is 1.16. The van der Waals surface area contributed by atoms with Gasteiger partial charge >= 0.3 is 0 Å². The molecule has 0 aromatic carbocycles. The molecule has 0 bridgehead atoms.